The first-order valence-electron chi connectivity index (χ1n) is 5.58. The summed E-state index contributed by atoms with van der Waals surface area (Å²) in [5.41, 5.74) is -0.795. The highest BCUT2D eigenvalue weighted by Crippen LogP contribution is 2.30. The molecule has 0 atom stereocenters. The van der Waals surface area contributed by atoms with Gasteiger partial charge in [0.05, 0.1) is 18.2 Å². The van der Waals surface area contributed by atoms with Gasteiger partial charge in [-0.05, 0) is 6.07 Å². The third-order valence-corrected chi connectivity index (χ3v) is 2.94. The molecule has 0 saturated heterocycles. The molecule has 0 fully saturated rings. The molecule has 20 heavy (non-hydrogen) atoms. The van der Waals surface area contributed by atoms with Crippen LogP contribution in [-0.4, -0.2) is 23.0 Å². The fraction of sp³-hybridized carbons (Fsp3) is 0.385. The average Bonchev–Trinajstić information content (AvgIpc) is 2.36. The normalized spacial score (nSPS) is 10.7. The number of rotatable bonds is 3. The number of pyridine rings is 1. The molecule has 1 rings (SSSR count). The third-order valence-electron chi connectivity index (χ3n) is 2.13. The molecule has 1 heterocycles. The number of methoxy groups -OCH3 is 1. The van der Waals surface area contributed by atoms with Crippen molar-refractivity contribution in [2.45, 2.75) is 19.5 Å². The first-order chi connectivity index (χ1) is 9.34. The molecule has 0 unspecified atom stereocenters. The van der Waals surface area contributed by atoms with Crippen LogP contribution in [0.25, 0.3) is 0 Å². The van der Waals surface area contributed by atoms with Gasteiger partial charge in [0.15, 0.2) is 5.12 Å². The maximum absolute atomic E-state index is 12.6. The van der Waals surface area contributed by atoms with E-state index in [0.717, 1.165) is 17.8 Å². The lowest BCUT2D eigenvalue weighted by Crippen LogP contribution is -2.06. The molecule has 0 saturated carbocycles. The molecule has 3 nitrogen and oxygen atoms in total. The summed E-state index contributed by atoms with van der Waals surface area (Å²) in [5, 5.41) is -0.0230. The highest BCUT2D eigenvalue weighted by molar-refractivity contribution is 8.13. The van der Waals surface area contributed by atoms with Crippen molar-refractivity contribution in [3.8, 4) is 17.7 Å². The predicted octanol–water partition coefficient (Wildman–Crippen LogP) is 3.13. The second-order valence-corrected chi connectivity index (χ2v) is 4.94. The zero-order chi connectivity index (χ0) is 15.2. The molecular formula is C13H12F3NO2S. The number of hydrogen-bond donors (Lipinski definition) is 0. The van der Waals surface area contributed by atoms with Gasteiger partial charge in [-0.15, -0.1) is 0 Å². The largest absolute Gasteiger partial charge is 0.480 e. The molecule has 1 aromatic heterocycles. The number of ether oxygens (including phenoxy) is 1. The highest BCUT2D eigenvalue weighted by Gasteiger charge is 2.31. The Kier molecular flexibility index (Phi) is 5.89. The van der Waals surface area contributed by atoms with E-state index < -0.39 is 11.7 Å². The van der Waals surface area contributed by atoms with Crippen molar-refractivity contribution in [1.82, 2.24) is 4.98 Å². The summed E-state index contributed by atoms with van der Waals surface area (Å²) in [5.74, 6) is 5.83. The van der Waals surface area contributed by atoms with E-state index >= 15 is 0 Å². The summed E-state index contributed by atoms with van der Waals surface area (Å²) in [6, 6.07) is 0.900. The van der Waals surface area contributed by atoms with E-state index in [4.69, 9.17) is 4.74 Å². The van der Waals surface area contributed by atoms with Crippen LogP contribution in [0.1, 0.15) is 24.5 Å². The van der Waals surface area contributed by atoms with E-state index in [1.54, 1.807) is 0 Å². The first-order valence-corrected chi connectivity index (χ1v) is 6.56. The van der Waals surface area contributed by atoms with Crippen molar-refractivity contribution in [2.24, 2.45) is 0 Å². The van der Waals surface area contributed by atoms with E-state index in [1.807, 2.05) is 0 Å². The molecule has 7 heteroatoms. The molecule has 0 N–H and O–H groups in total. The quantitative estimate of drug-likeness (QED) is 0.635. The standard InChI is InChI=1S/C13H12F3NO2S/c1-9(18)20-6-4-3-5-10-7-11(13(14,15)16)8-17-12(10)19-2/h7-8H,4,6H2,1-2H3. The van der Waals surface area contributed by atoms with Crippen molar-refractivity contribution >= 4 is 16.9 Å². The number of nitrogens with zero attached hydrogens (tertiary/aromatic N) is 1. The molecule has 108 valence electrons. The van der Waals surface area contributed by atoms with Crippen molar-refractivity contribution in [3.63, 3.8) is 0 Å². The number of aromatic nitrogens is 1. The Morgan fingerprint density at radius 3 is 2.75 bits per heavy atom. The molecule has 0 aromatic carbocycles. The topological polar surface area (TPSA) is 39.2 Å². The van der Waals surface area contributed by atoms with Crippen LogP contribution < -0.4 is 4.74 Å². The maximum atomic E-state index is 12.6. The van der Waals surface area contributed by atoms with E-state index in [0.29, 0.717) is 18.4 Å². The number of halogens is 3. The van der Waals surface area contributed by atoms with Gasteiger partial charge in [0.1, 0.15) is 0 Å². The lowest BCUT2D eigenvalue weighted by Gasteiger charge is -2.08. The van der Waals surface area contributed by atoms with Gasteiger partial charge in [-0.3, -0.25) is 4.79 Å². The number of carbonyl (C=O) groups is 1. The van der Waals surface area contributed by atoms with Crippen molar-refractivity contribution in [1.29, 1.82) is 0 Å². The zero-order valence-electron chi connectivity index (χ0n) is 10.9. The summed E-state index contributed by atoms with van der Waals surface area (Å²) >= 11 is 1.12. The summed E-state index contributed by atoms with van der Waals surface area (Å²) in [4.78, 5) is 14.3. The summed E-state index contributed by atoms with van der Waals surface area (Å²) in [7, 11) is 1.31. The second-order valence-electron chi connectivity index (χ2n) is 3.67. The van der Waals surface area contributed by atoms with Crippen LogP contribution >= 0.6 is 11.8 Å². The molecule has 0 aliphatic heterocycles. The van der Waals surface area contributed by atoms with Crippen LogP contribution in [0.3, 0.4) is 0 Å². The monoisotopic (exact) mass is 303 g/mol. The van der Waals surface area contributed by atoms with Gasteiger partial charge in [0, 0.05) is 25.3 Å². The van der Waals surface area contributed by atoms with Crippen LogP contribution in [0, 0.1) is 11.8 Å². The van der Waals surface area contributed by atoms with Crippen LogP contribution in [-0.2, 0) is 11.0 Å². The van der Waals surface area contributed by atoms with E-state index in [9.17, 15) is 18.0 Å². The lowest BCUT2D eigenvalue weighted by atomic mass is 10.2. The van der Waals surface area contributed by atoms with Gasteiger partial charge in [-0.25, -0.2) is 4.98 Å². The Labute approximate surface area is 118 Å². The Hall–Kier alpha value is -1.68. The molecule has 0 aliphatic carbocycles. The lowest BCUT2D eigenvalue weighted by molar-refractivity contribution is -0.137. The van der Waals surface area contributed by atoms with Crippen LogP contribution in [0.5, 0.6) is 5.88 Å². The van der Waals surface area contributed by atoms with Crippen molar-refractivity contribution in [2.75, 3.05) is 12.9 Å². The van der Waals surface area contributed by atoms with Gasteiger partial charge in [0.2, 0.25) is 5.88 Å². The molecule has 1 aromatic rings. The number of alkyl halides is 3. The number of hydrogen-bond acceptors (Lipinski definition) is 4. The molecule has 0 amide bonds. The number of carbonyl (C=O) groups excluding carboxylic acids is 1. The summed E-state index contributed by atoms with van der Waals surface area (Å²) < 4.78 is 42.6. The van der Waals surface area contributed by atoms with Crippen LogP contribution in [0.15, 0.2) is 12.3 Å². The molecule has 0 spiro atoms. The van der Waals surface area contributed by atoms with Gasteiger partial charge >= 0.3 is 6.18 Å². The van der Waals surface area contributed by atoms with Crippen molar-refractivity contribution < 1.29 is 22.7 Å². The Bertz CT molecular complexity index is 547. The fourth-order valence-corrected chi connectivity index (χ4v) is 1.75. The Morgan fingerprint density at radius 2 is 2.20 bits per heavy atom. The zero-order valence-corrected chi connectivity index (χ0v) is 11.7. The van der Waals surface area contributed by atoms with Gasteiger partial charge in [-0.2, -0.15) is 13.2 Å². The minimum atomic E-state index is -4.47. The third kappa shape index (κ3) is 5.13. The van der Waals surface area contributed by atoms with Gasteiger partial charge in [-0.1, -0.05) is 23.6 Å². The number of thioether (sulfide) groups is 1. The molecule has 0 radical (unpaired) electrons. The van der Waals surface area contributed by atoms with E-state index in [2.05, 4.69) is 16.8 Å². The second kappa shape index (κ2) is 7.20. The van der Waals surface area contributed by atoms with Crippen LogP contribution in [0.4, 0.5) is 13.2 Å². The van der Waals surface area contributed by atoms with E-state index in [-0.39, 0.29) is 16.6 Å². The molecule has 0 bridgehead atoms. The van der Waals surface area contributed by atoms with Gasteiger partial charge in [0.25, 0.3) is 0 Å². The molecular weight excluding hydrogens is 291 g/mol. The Morgan fingerprint density at radius 1 is 1.50 bits per heavy atom. The smallest absolute Gasteiger partial charge is 0.417 e. The first kappa shape index (κ1) is 16.4. The minimum Gasteiger partial charge on any atom is -0.480 e. The highest BCUT2D eigenvalue weighted by atomic mass is 32.2. The average molecular weight is 303 g/mol. The maximum Gasteiger partial charge on any atom is 0.417 e. The summed E-state index contributed by atoms with van der Waals surface area (Å²) in [6.45, 7) is 1.44. The fourth-order valence-electron chi connectivity index (χ4n) is 1.26. The van der Waals surface area contributed by atoms with Crippen LogP contribution in [0.2, 0.25) is 0 Å². The molecule has 0 aliphatic rings. The SMILES string of the molecule is COc1ncc(C(F)(F)F)cc1C#CCCSC(C)=O. The van der Waals surface area contributed by atoms with E-state index in [1.165, 1.54) is 14.0 Å². The van der Waals surface area contributed by atoms with Crippen molar-refractivity contribution in [3.05, 3.63) is 23.4 Å². The summed E-state index contributed by atoms with van der Waals surface area (Å²) in [6.07, 6.45) is -3.38. The predicted molar refractivity (Wildman–Crippen MR) is 70.4 cm³/mol. The Balaban J connectivity index is 2.87. The van der Waals surface area contributed by atoms with Gasteiger partial charge < -0.3 is 4.74 Å². The minimum absolute atomic E-state index is 0.0230.